The number of aromatic nitrogens is 1. The summed E-state index contributed by atoms with van der Waals surface area (Å²) in [5.74, 6) is -0.343. The molecule has 2 N–H and O–H groups in total. The van der Waals surface area contributed by atoms with E-state index in [1.54, 1.807) is 13.2 Å². The Labute approximate surface area is 135 Å². The highest BCUT2D eigenvalue weighted by molar-refractivity contribution is 6.07. The molecule has 0 aliphatic carbocycles. The molecule has 1 aromatic carbocycles. The van der Waals surface area contributed by atoms with Gasteiger partial charge in [-0.05, 0) is 19.4 Å². The predicted octanol–water partition coefficient (Wildman–Crippen LogP) is 1.78. The van der Waals surface area contributed by atoms with E-state index in [1.165, 1.54) is 4.90 Å². The molecule has 1 aromatic heterocycles. The molecule has 1 heterocycles. The Balaban J connectivity index is 1.86. The fourth-order valence-corrected chi connectivity index (χ4v) is 2.34. The van der Waals surface area contributed by atoms with E-state index in [2.05, 4.69) is 10.3 Å². The molecule has 2 rings (SSSR count). The Bertz CT molecular complexity index is 666. The zero-order valence-corrected chi connectivity index (χ0v) is 13.6. The normalized spacial score (nSPS) is 10.7. The summed E-state index contributed by atoms with van der Waals surface area (Å²) in [6, 6.07) is 7.60. The zero-order valence-electron chi connectivity index (χ0n) is 13.6. The molecule has 0 aliphatic heterocycles. The summed E-state index contributed by atoms with van der Waals surface area (Å²) < 4.78 is 5.21. The predicted molar refractivity (Wildman–Crippen MR) is 89.4 cm³/mol. The van der Waals surface area contributed by atoms with Crippen LogP contribution in [-0.2, 0) is 9.53 Å². The second kappa shape index (κ2) is 8.33. The number of amides is 2. The van der Waals surface area contributed by atoms with Crippen LogP contribution >= 0.6 is 0 Å². The Hall–Kier alpha value is -2.34. The number of nitrogens with zero attached hydrogens (tertiary/aromatic N) is 1. The van der Waals surface area contributed by atoms with E-state index in [4.69, 9.17) is 4.74 Å². The molecule has 6 heteroatoms. The highest BCUT2D eigenvalue weighted by Crippen LogP contribution is 2.18. The number of hydrogen-bond donors (Lipinski definition) is 2. The minimum absolute atomic E-state index is 0.0347. The molecule has 0 atom stereocenters. The van der Waals surface area contributed by atoms with Crippen LogP contribution in [0.1, 0.15) is 23.7 Å². The lowest BCUT2D eigenvalue weighted by molar-refractivity contribution is -0.121. The summed E-state index contributed by atoms with van der Waals surface area (Å²) in [7, 11) is 1.63. The average molecular weight is 317 g/mol. The van der Waals surface area contributed by atoms with Gasteiger partial charge in [0.1, 0.15) is 0 Å². The summed E-state index contributed by atoms with van der Waals surface area (Å²) in [6.45, 7) is 3.82. The third kappa shape index (κ3) is 4.56. The third-order valence-corrected chi connectivity index (χ3v) is 3.54. The molecule has 2 aromatic rings. The van der Waals surface area contributed by atoms with Gasteiger partial charge in [0.25, 0.3) is 5.91 Å². The second-order valence-electron chi connectivity index (χ2n) is 5.31. The fraction of sp³-hybridized carbons (Fsp3) is 0.412. The lowest BCUT2D eigenvalue weighted by atomic mass is 10.1. The van der Waals surface area contributed by atoms with Gasteiger partial charge in [-0.1, -0.05) is 18.2 Å². The molecule has 0 bridgehead atoms. The smallest absolute Gasteiger partial charge is 0.256 e. The van der Waals surface area contributed by atoms with Crippen molar-refractivity contribution in [3.63, 3.8) is 0 Å². The average Bonchev–Trinajstić information content (AvgIpc) is 2.98. The highest BCUT2D eigenvalue weighted by Gasteiger charge is 2.18. The minimum Gasteiger partial charge on any atom is -0.382 e. The van der Waals surface area contributed by atoms with Crippen molar-refractivity contribution in [2.75, 3.05) is 33.4 Å². The van der Waals surface area contributed by atoms with Gasteiger partial charge in [0.15, 0.2) is 0 Å². The SMILES string of the molecule is CCOCCCNC(=O)CN(C)C(=O)c1c[nH]c2ccccc12. The summed E-state index contributed by atoms with van der Waals surface area (Å²) in [5.41, 5.74) is 1.48. The molecule has 0 fully saturated rings. The van der Waals surface area contributed by atoms with Gasteiger partial charge >= 0.3 is 0 Å². The van der Waals surface area contributed by atoms with Gasteiger partial charge in [0, 0.05) is 43.9 Å². The molecular weight excluding hydrogens is 294 g/mol. The number of para-hydroxylation sites is 1. The maximum absolute atomic E-state index is 12.5. The number of likely N-dealkylation sites (N-methyl/N-ethyl adjacent to an activating group) is 1. The monoisotopic (exact) mass is 317 g/mol. The van der Waals surface area contributed by atoms with E-state index in [0.29, 0.717) is 25.3 Å². The Morgan fingerprint density at radius 2 is 2.09 bits per heavy atom. The number of ether oxygens (including phenoxy) is 1. The first kappa shape index (κ1) is 17.0. The van der Waals surface area contributed by atoms with E-state index < -0.39 is 0 Å². The van der Waals surface area contributed by atoms with Crippen molar-refractivity contribution in [2.45, 2.75) is 13.3 Å². The zero-order chi connectivity index (χ0) is 16.7. The first-order valence-electron chi connectivity index (χ1n) is 7.79. The molecule has 2 amide bonds. The second-order valence-corrected chi connectivity index (χ2v) is 5.31. The van der Waals surface area contributed by atoms with Crippen molar-refractivity contribution >= 4 is 22.7 Å². The number of rotatable bonds is 8. The molecule has 0 saturated heterocycles. The van der Waals surface area contributed by atoms with Crippen LogP contribution < -0.4 is 5.32 Å². The lowest BCUT2D eigenvalue weighted by Gasteiger charge is -2.16. The van der Waals surface area contributed by atoms with Crippen molar-refractivity contribution < 1.29 is 14.3 Å². The molecule has 124 valence electrons. The maximum atomic E-state index is 12.5. The first-order valence-corrected chi connectivity index (χ1v) is 7.79. The molecule has 0 saturated carbocycles. The van der Waals surface area contributed by atoms with Gasteiger partial charge in [0.2, 0.25) is 5.91 Å². The highest BCUT2D eigenvalue weighted by atomic mass is 16.5. The van der Waals surface area contributed by atoms with Crippen LogP contribution in [0, 0.1) is 0 Å². The van der Waals surface area contributed by atoms with E-state index in [9.17, 15) is 9.59 Å². The van der Waals surface area contributed by atoms with E-state index in [-0.39, 0.29) is 18.4 Å². The third-order valence-electron chi connectivity index (χ3n) is 3.54. The van der Waals surface area contributed by atoms with Crippen LogP contribution in [0.15, 0.2) is 30.5 Å². The van der Waals surface area contributed by atoms with Crippen LogP contribution in [-0.4, -0.2) is 55.0 Å². The van der Waals surface area contributed by atoms with Gasteiger partial charge in [-0.15, -0.1) is 0 Å². The van der Waals surface area contributed by atoms with E-state index in [1.807, 2.05) is 31.2 Å². The van der Waals surface area contributed by atoms with Gasteiger partial charge in [0.05, 0.1) is 12.1 Å². The summed E-state index contributed by atoms with van der Waals surface area (Å²) >= 11 is 0. The van der Waals surface area contributed by atoms with E-state index in [0.717, 1.165) is 17.3 Å². The first-order chi connectivity index (χ1) is 11.1. The summed E-state index contributed by atoms with van der Waals surface area (Å²) in [5, 5.41) is 3.65. The van der Waals surface area contributed by atoms with Crippen LogP contribution in [0.3, 0.4) is 0 Å². The molecule has 23 heavy (non-hydrogen) atoms. The fourth-order valence-electron chi connectivity index (χ4n) is 2.34. The van der Waals surface area contributed by atoms with Gasteiger partial charge in [-0.25, -0.2) is 0 Å². The van der Waals surface area contributed by atoms with Crippen LogP contribution in [0.2, 0.25) is 0 Å². The minimum atomic E-state index is -0.174. The number of nitrogens with one attached hydrogen (secondary N) is 2. The molecule has 0 spiro atoms. The standard InChI is InChI=1S/C17H23N3O3/c1-3-23-10-6-9-18-16(21)12-20(2)17(22)14-11-19-15-8-5-4-7-13(14)15/h4-5,7-8,11,19H,3,6,9-10,12H2,1-2H3,(H,18,21). The van der Waals surface area contributed by atoms with Crippen LogP contribution in [0.25, 0.3) is 10.9 Å². The number of carbonyl (C=O) groups excluding carboxylic acids is 2. The molecule has 6 nitrogen and oxygen atoms in total. The lowest BCUT2D eigenvalue weighted by Crippen LogP contribution is -2.38. The van der Waals surface area contributed by atoms with Crippen LogP contribution in [0.5, 0.6) is 0 Å². The quantitative estimate of drug-likeness (QED) is 0.729. The summed E-state index contributed by atoms with van der Waals surface area (Å²) in [6.07, 6.45) is 2.45. The number of hydrogen-bond acceptors (Lipinski definition) is 3. The van der Waals surface area contributed by atoms with Gasteiger partial charge in [-0.3, -0.25) is 9.59 Å². The molecule has 0 radical (unpaired) electrons. The Kier molecular flexibility index (Phi) is 6.17. The van der Waals surface area contributed by atoms with Crippen molar-refractivity contribution in [3.8, 4) is 0 Å². The number of carbonyl (C=O) groups is 2. The Morgan fingerprint density at radius 1 is 1.30 bits per heavy atom. The van der Waals surface area contributed by atoms with Crippen molar-refractivity contribution in [3.05, 3.63) is 36.0 Å². The molecule has 0 unspecified atom stereocenters. The van der Waals surface area contributed by atoms with Crippen molar-refractivity contribution in [1.29, 1.82) is 0 Å². The van der Waals surface area contributed by atoms with Crippen molar-refractivity contribution in [2.24, 2.45) is 0 Å². The number of fused-ring (bicyclic) bond motifs is 1. The number of aromatic amines is 1. The number of H-pyrrole nitrogens is 1. The molecular formula is C17H23N3O3. The van der Waals surface area contributed by atoms with Gasteiger partial charge in [-0.2, -0.15) is 0 Å². The van der Waals surface area contributed by atoms with E-state index >= 15 is 0 Å². The van der Waals surface area contributed by atoms with Gasteiger partial charge < -0.3 is 19.9 Å². The summed E-state index contributed by atoms with van der Waals surface area (Å²) in [4.78, 5) is 28.8. The number of benzene rings is 1. The topological polar surface area (TPSA) is 74.4 Å². The van der Waals surface area contributed by atoms with Crippen molar-refractivity contribution in [1.82, 2.24) is 15.2 Å². The largest absolute Gasteiger partial charge is 0.382 e. The van der Waals surface area contributed by atoms with Crippen LogP contribution in [0.4, 0.5) is 0 Å². The Morgan fingerprint density at radius 3 is 2.87 bits per heavy atom. The molecule has 0 aliphatic rings. The maximum Gasteiger partial charge on any atom is 0.256 e.